The van der Waals surface area contributed by atoms with E-state index in [0.717, 1.165) is 22.4 Å². The summed E-state index contributed by atoms with van der Waals surface area (Å²) in [6.07, 6.45) is 1.94. The molecule has 0 N–H and O–H groups in total. The first kappa shape index (κ1) is 19.0. The maximum Gasteiger partial charge on any atom is 0.347 e. The second-order valence-corrected chi connectivity index (χ2v) is 6.77. The van der Waals surface area contributed by atoms with Gasteiger partial charge in [-0.25, -0.2) is 4.79 Å². The van der Waals surface area contributed by atoms with Crippen LogP contribution >= 0.6 is 0 Å². The van der Waals surface area contributed by atoms with Crippen molar-refractivity contribution in [1.29, 1.82) is 0 Å². The van der Waals surface area contributed by atoms with Gasteiger partial charge in [-0.05, 0) is 28.8 Å². The van der Waals surface area contributed by atoms with Crippen molar-refractivity contribution in [3.63, 3.8) is 0 Å². The fraction of sp³-hybridized carbons (Fsp3) is 0.160. The summed E-state index contributed by atoms with van der Waals surface area (Å²) in [5.41, 5.74) is 2.25. The number of hydrogen-bond acceptors (Lipinski definition) is 4. The number of rotatable bonds is 6. The van der Waals surface area contributed by atoms with Crippen molar-refractivity contribution in [2.24, 2.45) is 0 Å². The van der Waals surface area contributed by atoms with Crippen molar-refractivity contribution in [1.82, 2.24) is 0 Å². The van der Waals surface area contributed by atoms with Gasteiger partial charge >= 0.3 is 5.97 Å². The zero-order valence-corrected chi connectivity index (χ0v) is 16.2. The minimum absolute atomic E-state index is 0.339. The molecule has 0 aromatic heterocycles. The van der Waals surface area contributed by atoms with E-state index >= 15 is 0 Å². The van der Waals surface area contributed by atoms with Crippen molar-refractivity contribution < 1.29 is 19.0 Å². The zero-order chi connectivity index (χ0) is 20.1. The van der Waals surface area contributed by atoms with Crippen LogP contribution in [-0.2, 0) is 26.5 Å². The predicted octanol–water partition coefficient (Wildman–Crippen LogP) is 4.75. The van der Waals surface area contributed by atoms with Gasteiger partial charge in [0.25, 0.3) is 0 Å². The molecule has 1 heterocycles. The number of carbonyl (C=O) groups excluding carboxylic acids is 1. The summed E-state index contributed by atoms with van der Waals surface area (Å²) < 4.78 is 17.0. The van der Waals surface area contributed by atoms with Crippen molar-refractivity contribution in [3.05, 3.63) is 108 Å². The molecule has 4 nitrogen and oxygen atoms in total. The fourth-order valence-electron chi connectivity index (χ4n) is 3.61. The van der Waals surface area contributed by atoms with Gasteiger partial charge in [-0.15, -0.1) is 0 Å². The summed E-state index contributed by atoms with van der Waals surface area (Å²) in [6.45, 7) is 0.819. The third-order valence-electron chi connectivity index (χ3n) is 5.03. The lowest BCUT2D eigenvalue weighted by molar-refractivity contribution is -0.160. The molecule has 0 fully saturated rings. The van der Waals surface area contributed by atoms with E-state index in [4.69, 9.17) is 14.2 Å². The van der Waals surface area contributed by atoms with Gasteiger partial charge in [0.15, 0.2) is 0 Å². The van der Waals surface area contributed by atoms with Gasteiger partial charge in [-0.2, -0.15) is 0 Å². The van der Waals surface area contributed by atoms with Crippen molar-refractivity contribution in [2.45, 2.75) is 12.2 Å². The molecule has 0 spiro atoms. The average Bonchev–Trinajstić information content (AvgIpc) is 3.25. The Kier molecular flexibility index (Phi) is 5.45. The largest absolute Gasteiger partial charge is 0.489 e. The molecule has 1 unspecified atom stereocenters. The molecule has 0 radical (unpaired) electrons. The molecule has 0 amide bonds. The average molecular weight is 386 g/mol. The van der Waals surface area contributed by atoms with Gasteiger partial charge in [-0.3, -0.25) is 0 Å². The van der Waals surface area contributed by atoms with Crippen LogP contribution in [0.15, 0.2) is 91.0 Å². The highest BCUT2D eigenvalue weighted by Gasteiger charge is 2.49. The van der Waals surface area contributed by atoms with Crippen molar-refractivity contribution >= 4 is 11.5 Å². The number of ether oxygens (including phenoxy) is 3. The third-order valence-corrected chi connectivity index (χ3v) is 5.03. The van der Waals surface area contributed by atoms with E-state index in [1.165, 1.54) is 7.11 Å². The van der Waals surface area contributed by atoms with Crippen LogP contribution in [0.3, 0.4) is 0 Å². The Labute approximate surface area is 170 Å². The molecule has 1 aliphatic heterocycles. The van der Waals surface area contributed by atoms with Gasteiger partial charge in [0, 0.05) is 5.57 Å². The molecule has 0 bridgehead atoms. The van der Waals surface area contributed by atoms with Gasteiger partial charge < -0.3 is 14.2 Å². The van der Waals surface area contributed by atoms with Crippen LogP contribution < -0.4 is 4.74 Å². The summed E-state index contributed by atoms with van der Waals surface area (Å²) in [6, 6.07) is 27.2. The third kappa shape index (κ3) is 3.67. The van der Waals surface area contributed by atoms with E-state index in [9.17, 15) is 4.79 Å². The maximum atomic E-state index is 12.9. The van der Waals surface area contributed by atoms with Crippen LogP contribution in [-0.4, -0.2) is 19.7 Å². The first-order valence-electron chi connectivity index (χ1n) is 9.50. The lowest BCUT2D eigenvalue weighted by Gasteiger charge is -2.30. The Bertz CT molecular complexity index is 994. The Morgan fingerprint density at radius 2 is 1.59 bits per heavy atom. The van der Waals surface area contributed by atoms with Crippen LogP contribution in [0.2, 0.25) is 0 Å². The molecular weight excluding hydrogens is 364 g/mol. The fourth-order valence-corrected chi connectivity index (χ4v) is 3.61. The second-order valence-electron chi connectivity index (χ2n) is 6.77. The SMILES string of the molecule is COC(=O)C1(c2ccc(OCc3ccccc3)cc2)OCC=C1c1ccccc1. The summed E-state index contributed by atoms with van der Waals surface area (Å²) >= 11 is 0. The van der Waals surface area contributed by atoms with Gasteiger partial charge in [0.1, 0.15) is 12.4 Å². The van der Waals surface area contributed by atoms with E-state index in [1.807, 2.05) is 91.0 Å². The maximum absolute atomic E-state index is 12.9. The molecule has 1 atom stereocenters. The first-order valence-corrected chi connectivity index (χ1v) is 9.50. The monoisotopic (exact) mass is 386 g/mol. The highest BCUT2D eigenvalue weighted by Crippen LogP contribution is 2.44. The lowest BCUT2D eigenvalue weighted by Crippen LogP contribution is -2.38. The smallest absolute Gasteiger partial charge is 0.347 e. The quantitative estimate of drug-likeness (QED) is 0.574. The van der Waals surface area contributed by atoms with Gasteiger partial charge in [0.05, 0.1) is 13.7 Å². The van der Waals surface area contributed by atoms with E-state index < -0.39 is 11.6 Å². The molecule has 1 aliphatic rings. The van der Waals surface area contributed by atoms with Crippen LogP contribution in [0.1, 0.15) is 16.7 Å². The normalized spacial score (nSPS) is 18.2. The lowest BCUT2D eigenvalue weighted by atomic mass is 9.83. The molecule has 0 aliphatic carbocycles. The Morgan fingerprint density at radius 3 is 2.24 bits per heavy atom. The molecule has 0 saturated heterocycles. The van der Waals surface area contributed by atoms with Crippen molar-refractivity contribution in [2.75, 3.05) is 13.7 Å². The van der Waals surface area contributed by atoms with Crippen LogP contribution in [0.25, 0.3) is 5.57 Å². The zero-order valence-electron chi connectivity index (χ0n) is 16.2. The van der Waals surface area contributed by atoms with E-state index in [1.54, 1.807) is 0 Å². The molecular formula is C25H22O4. The predicted molar refractivity (Wildman–Crippen MR) is 111 cm³/mol. The summed E-state index contributed by atoms with van der Waals surface area (Å²) in [4.78, 5) is 12.9. The van der Waals surface area contributed by atoms with Gasteiger partial charge in [-0.1, -0.05) is 78.9 Å². The molecule has 146 valence electrons. The van der Waals surface area contributed by atoms with Crippen LogP contribution in [0, 0.1) is 0 Å². The summed E-state index contributed by atoms with van der Waals surface area (Å²) in [5, 5.41) is 0. The van der Waals surface area contributed by atoms with E-state index in [0.29, 0.717) is 18.8 Å². The highest BCUT2D eigenvalue weighted by atomic mass is 16.6. The summed E-state index contributed by atoms with van der Waals surface area (Å²) in [7, 11) is 1.38. The van der Waals surface area contributed by atoms with E-state index in [-0.39, 0.29) is 0 Å². The minimum Gasteiger partial charge on any atom is -0.489 e. The Hall–Kier alpha value is -3.37. The molecule has 0 saturated carbocycles. The molecule has 3 aromatic carbocycles. The standard InChI is InChI=1S/C25H22O4/c1-27-24(26)25(23(16-17-29-25)20-10-6-3-7-11-20)21-12-14-22(15-13-21)28-18-19-8-4-2-5-9-19/h2-16H,17-18H2,1H3. The molecule has 29 heavy (non-hydrogen) atoms. The van der Waals surface area contributed by atoms with E-state index in [2.05, 4.69) is 0 Å². The first-order chi connectivity index (χ1) is 14.2. The number of esters is 1. The van der Waals surface area contributed by atoms with Crippen LogP contribution in [0.4, 0.5) is 0 Å². The topological polar surface area (TPSA) is 44.8 Å². The minimum atomic E-state index is -1.28. The van der Waals surface area contributed by atoms with Gasteiger partial charge in [0.2, 0.25) is 5.60 Å². The second kappa shape index (κ2) is 8.33. The number of hydrogen-bond donors (Lipinski definition) is 0. The number of methoxy groups -OCH3 is 1. The molecule has 4 heteroatoms. The van der Waals surface area contributed by atoms with Crippen molar-refractivity contribution in [3.8, 4) is 5.75 Å². The molecule has 4 rings (SSSR count). The highest BCUT2D eigenvalue weighted by molar-refractivity contribution is 5.98. The number of carbonyl (C=O) groups is 1. The number of benzene rings is 3. The Morgan fingerprint density at radius 1 is 0.931 bits per heavy atom. The summed E-state index contributed by atoms with van der Waals surface area (Å²) in [5.74, 6) is 0.281. The van der Waals surface area contributed by atoms with Crippen LogP contribution in [0.5, 0.6) is 5.75 Å². The Balaban J connectivity index is 1.63. The molecule has 3 aromatic rings.